The van der Waals surface area contributed by atoms with Crippen molar-refractivity contribution in [3.63, 3.8) is 0 Å². The lowest BCUT2D eigenvalue weighted by Gasteiger charge is -2.27. The normalized spacial score (nSPS) is 22.5. The molecule has 0 amide bonds. The van der Waals surface area contributed by atoms with Gasteiger partial charge in [-0.1, -0.05) is 32.2 Å². The molecule has 1 rings (SSSR count). The second-order valence-electron chi connectivity index (χ2n) is 4.42. The van der Waals surface area contributed by atoms with E-state index < -0.39 is 5.69 Å². The predicted molar refractivity (Wildman–Crippen MR) is 88.1 cm³/mol. The fraction of sp³-hybridized carbons (Fsp3) is 0.750. The summed E-state index contributed by atoms with van der Waals surface area (Å²) in [7, 11) is 0. The van der Waals surface area contributed by atoms with Gasteiger partial charge in [-0.3, -0.25) is 4.52 Å². The Balaban J connectivity index is 2.83. The van der Waals surface area contributed by atoms with Gasteiger partial charge in [-0.15, -0.1) is 0 Å². The summed E-state index contributed by atoms with van der Waals surface area (Å²) in [5.74, 6) is 2.15. The van der Waals surface area contributed by atoms with E-state index in [1.807, 2.05) is 19.9 Å². The highest BCUT2D eigenvalue weighted by molar-refractivity contribution is 8.67. The van der Waals surface area contributed by atoms with Crippen molar-refractivity contribution in [2.75, 3.05) is 12.4 Å². The average molecular weight is 322 g/mol. The first-order chi connectivity index (χ1) is 8.90. The highest BCUT2D eigenvalue weighted by Gasteiger charge is 2.25. The van der Waals surface area contributed by atoms with Gasteiger partial charge in [0.25, 0.3) is 0 Å². The van der Waals surface area contributed by atoms with Gasteiger partial charge in [0.15, 0.2) is 6.23 Å². The molecule has 1 N–H and O–H groups in total. The van der Waals surface area contributed by atoms with Crippen LogP contribution in [0.3, 0.4) is 0 Å². The third-order valence-corrected chi connectivity index (χ3v) is 7.79. The molecule has 0 aromatic carbocycles. The summed E-state index contributed by atoms with van der Waals surface area (Å²) in [5.41, 5.74) is -1.26. The first-order valence-corrected chi connectivity index (χ1v) is 10.7. The van der Waals surface area contributed by atoms with Crippen LogP contribution in [0.5, 0.6) is 0 Å². The van der Waals surface area contributed by atoms with Gasteiger partial charge in [-0.05, 0) is 37.5 Å². The van der Waals surface area contributed by atoms with Crippen molar-refractivity contribution in [2.24, 2.45) is 10.9 Å². The molecule has 0 aromatic heterocycles. The Bertz CT molecular complexity index is 401. The van der Waals surface area contributed by atoms with Crippen LogP contribution in [0, 0.1) is 5.92 Å². The van der Waals surface area contributed by atoms with Crippen LogP contribution in [0.2, 0.25) is 0 Å². The molecule has 0 fully saturated rings. The number of hydrogen-bond donors (Lipinski definition) is 1. The van der Waals surface area contributed by atoms with Crippen LogP contribution in [0.25, 0.3) is 0 Å². The highest BCUT2D eigenvalue weighted by Crippen LogP contribution is 2.61. The first-order valence-electron chi connectivity index (χ1n) is 6.50. The summed E-state index contributed by atoms with van der Waals surface area (Å²) in [4.78, 5) is 4.56. The maximum Gasteiger partial charge on any atom is 0.249 e. The Morgan fingerprint density at radius 1 is 1.53 bits per heavy atom. The molecule has 0 aliphatic carbocycles. The van der Waals surface area contributed by atoms with Gasteiger partial charge < -0.3 is 9.84 Å². The third-order valence-electron chi connectivity index (χ3n) is 2.34. The van der Waals surface area contributed by atoms with Crippen molar-refractivity contribution in [3.8, 4) is 0 Å². The van der Waals surface area contributed by atoms with Crippen LogP contribution < -0.4 is 5.32 Å². The van der Waals surface area contributed by atoms with E-state index in [9.17, 15) is 0 Å². The van der Waals surface area contributed by atoms with Crippen LogP contribution in [0.15, 0.2) is 16.8 Å². The van der Waals surface area contributed by atoms with Gasteiger partial charge >= 0.3 is 0 Å². The van der Waals surface area contributed by atoms with Crippen LogP contribution in [-0.2, 0) is 20.9 Å². The average Bonchev–Trinajstić information content (AvgIpc) is 2.28. The minimum atomic E-state index is -2.30. The molecule has 1 heterocycles. The largest absolute Gasteiger partial charge is 0.348 e. The van der Waals surface area contributed by atoms with Gasteiger partial charge in [0.1, 0.15) is 5.84 Å². The van der Waals surface area contributed by atoms with Gasteiger partial charge in [-0.25, -0.2) is 4.99 Å². The Labute approximate surface area is 125 Å². The highest BCUT2D eigenvalue weighted by atomic mass is 32.9. The minimum Gasteiger partial charge on any atom is -0.348 e. The molecule has 0 radical (unpaired) electrons. The molecule has 0 aromatic rings. The summed E-state index contributed by atoms with van der Waals surface area (Å²) in [5, 5.41) is 3.26. The summed E-state index contributed by atoms with van der Waals surface area (Å²) in [6.07, 6.45) is 1.61. The van der Waals surface area contributed by atoms with Crippen molar-refractivity contribution in [2.45, 2.75) is 40.8 Å². The fourth-order valence-corrected chi connectivity index (χ4v) is 6.22. The third kappa shape index (κ3) is 5.56. The molecule has 0 saturated carbocycles. The monoisotopic (exact) mass is 322 g/mol. The van der Waals surface area contributed by atoms with Gasteiger partial charge in [0.2, 0.25) is 5.69 Å². The number of allylic oxidation sites excluding steroid dienone is 1. The zero-order valence-electron chi connectivity index (χ0n) is 12.2. The topological polar surface area (TPSA) is 42.9 Å². The lowest BCUT2D eigenvalue weighted by atomic mass is 10.1. The maximum atomic E-state index is 5.97. The molecule has 110 valence electrons. The molecular weight excluding hydrogens is 299 g/mol. The molecule has 0 saturated heterocycles. The molecule has 1 aliphatic rings. The molecule has 4 nitrogen and oxygen atoms in total. The summed E-state index contributed by atoms with van der Waals surface area (Å²) in [6, 6.07) is 0. The second kappa shape index (κ2) is 7.79. The van der Waals surface area contributed by atoms with E-state index in [1.54, 1.807) is 11.4 Å². The first kappa shape index (κ1) is 17.2. The summed E-state index contributed by atoms with van der Waals surface area (Å²) in [6.45, 7) is 10.8. The molecular formula is C12H23N2O2PS2. The molecule has 19 heavy (non-hydrogen) atoms. The number of aliphatic imine (C=N–C) groups is 1. The van der Waals surface area contributed by atoms with Gasteiger partial charge in [0, 0.05) is 11.6 Å². The number of nitrogens with zero attached hydrogens (tertiary/aromatic N) is 1. The van der Waals surface area contributed by atoms with Crippen LogP contribution in [-0.4, -0.2) is 24.4 Å². The molecule has 1 aliphatic heterocycles. The zero-order chi connectivity index (χ0) is 14.5. The predicted octanol–water partition coefficient (Wildman–Crippen LogP) is 3.90. The Kier molecular flexibility index (Phi) is 7.05. The van der Waals surface area contributed by atoms with E-state index in [0.29, 0.717) is 12.5 Å². The Morgan fingerprint density at radius 3 is 2.74 bits per heavy atom. The van der Waals surface area contributed by atoms with Crippen molar-refractivity contribution < 1.29 is 9.05 Å². The number of amidine groups is 1. The van der Waals surface area contributed by atoms with Crippen LogP contribution in [0.4, 0.5) is 0 Å². The van der Waals surface area contributed by atoms with E-state index in [2.05, 4.69) is 31.1 Å². The fourth-order valence-electron chi connectivity index (χ4n) is 1.56. The Morgan fingerprint density at radius 2 is 2.21 bits per heavy atom. The Hall–Kier alpha value is 0.130. The molecule has 0 spiro atoms. The van der Waals surface area contributed by atoms with Crippen molar-refractivity contribution >= 4 is 34.7 Å². The van der Waals surface area contributed by atoms with E-state index in [1.165, 1.54) is 0 Å². The van der Waals surface area contributed by atoms with E-state index >= 15 is 0 Å². The molecule has 2 atom stereocenters. The van der Waals surface area contributed by atoms with E-state index in [4.69, 9.17) is 20.9 Å². The lowest BCUT2D eigenvalue weighted by molar-refractivity contribution is 0.229. The van der Waals surface area contributed by atoms with Crippen LogP contribution >= 0.6 is 17.1 Å². The summed E-state index contributed by atoms with van der Waals surface area (Å²) < 4.78 is 11.6. The standard InChI is InChI=1S/C12H23N2O2PS2/c1-6-15-17(18,19-7-2)16-11-8-10(5)13-12(14-11)9(3)4/h8-9,11H,6-7H2,1-5H3,(H,13,14). The minimum absolute atomic E-state index is 0.332. The van der Waals surface area contributed by atoms with E-state index in [-0.39, 0.29) is 6.23 Å². The van der Waals surface area contributed by atoms with Crippen molar-refractivity contribution in [1.29, 1.82) is 0 Å². The number of hydrogen-bond acceptors (Lipinski definition) is 6. The lowest BCUT2D eigenvalue weighted by Crippen LogP contribution is -2.32. The van der Waals surface area contributed by atoms with Gasteiger partial charge in [-0.2, -0.15) is 0 Å². The molecule has 0 bridgehead atoms. The number of nitrogens with one attached hydrogen (secondary N) is 1. The van der Waals surface area contributed by atoms with Crippen LogP contribution in [0.1, 0.15) is 34.6 Å². The van der Waals surface area contributed by atoms with Crippen molar-refractivity contribution in [1.82, 2.24) is 5.32 Å². The SMILES string of the molecule is CCOP(=S)(OC1C=C(C)NC(C(C)C)=N1)SCC. The van der Waals surface area contributed by atoms with Gasteiger partial charge in [0.05, 0.1) is 6.61 Å². The summed E-state index contributed by atoms with van der Waals surface area (Å²) >= 11 is 7.11. The second-order valence-corrected chi connectivity index (χ2v) is 11.0. The quantitative estimate of drug-likeness (QED) is 0.720. The number of rotatable bonds is 7. The maximum absolute atomic E-state index is 5.97. The smallest absolute Gasteiger partial charge is 0.249 e. The zero-order valence-corrected chi connectivity index (χ0v) is 14.7. The molecule has 2 unspecified atom stereocenters. The van der Waals surface area contributed by atoms with E-state index in [0.717, 1.165) is 17.3 Å². The van der Waals surface area contributed by atoms with Crippen molar-refractivity contribution in [3.05, 3.63) is 11.8 Å². The molecule has 7 heteroatoms.